The summed E-state index contributed by atoms with van der Waals surface area (Å²) in [5.41, 5.74) is 0. The fourth-order valence-corrected chi connectivity index (χ4v) is 4.30. The number of rotatable bonds is 5. The van der Waals surface area contributed by atoms with Crippen molar-refractivity contribution < 1.29 is 8.42 Å². The van der Waals surface area contributed by atoms with E-state index in [0.29, 0.717) is 25.6 Å². The van der Waals surface area contributed by atoms with Crippen LogP contribution >= 0.6 is 0 Å². The fraction of sp³-hybridized carbons (Fsp3) is 1.00. The molecule has 17 heavy (non-hydrogen) atoms. The van der Waals surface area contributed by atoms with Crippen molar-refractivity contribution in [2.75, 3.05) is 45.5 Å². The van der Waals surface area contributed by atoms with E-state index >= 15 is 0 Å². The highest BCUT2D eigenvalue weighted by Crippen LogP contribution is 2.23. The Morgan fingerprint density at radius 1 is 1.29 bits per heavy atom. The third kappa shape index (κ3) is 3.19. The lowest BCUT2D eigenvalue weighted by Crippen LogP contribution is -2.52. The maximum atomic E-state index is 12.1. The van der Waals surface area contributed by atoms with Crippen LogP contribution in [0.4, 0.5) is 0 Å². The fourth-order valence-electron chi connectivity index (χ4n) is 2.78. The molecule has 6 heteroatoms. The maximum Gasteiger partial charge on any atom is 0.214 e. The molecule has 2 aliphatic heterocycles. The van der Waals surface area contributed by atoms with E-state index in [4.69, 9.17) is 0 Å². The van der Waals surface area contributed by atoms with Crippen molar-refractivity contribution in [3.8, 4) is 0 Å². The van der Waals surface area contributed by atoms with Crippen molar-refractivity contribution in [3.63, 3.8) is 0 Å². The second-order valence-corrected chi connectivity index (χ2v) is 7.05. The standard InChI is InChI=1S/C11H23N3O2S/c1-12-5-3-9-17(15,16)14-8-7-13-6-2-4-11(13)10-14/h11-12H,2-10H2,1H3. The summed E-state index contributed by atoms with van der Waals surface area (Å²) in [6.45, 7) is 4.22. The third-order valence-electron chi connectivity index (χ3n) is 3.77. The molecule has 0 aromatic heterocycles. The van der Waals surface area contributed by atoms with Crippen LogP contribution in [0.5, 0.6) is 0 Å². The molecule has 2 rings (SSSR count). The van der Waals surface area contributed by atoms with Crippen LogP contribution in [0, 0.1) is 0 Å². The van der Waals surface area contributed by atoms with Crippen LogP contribution in [0.1, 0.15) is 19.3 Å². The summed E-state index contributed by atoms with van der Waals surface area (Å²) < 4.78 is 26.0. The van der Waals surface area contributed by atoms with E-state index in [0.717, 1.165) is 26.1 Å². The van der Waals surface area contributed by atoms with E-state index in [1.54, 1.807) is 4.31 Å². The molecule has 1 unspecified atom stereocenters. The van der Waals surface area contributed by atoms with Gasteiger partial charge in [0.25, 0.3) is 0 Å². The zero-order valence-corrected chi connectivity index (χ0v) is 11.4. The number of nitrogens with zero attached hydrogens (tertiary/aromatic N) is 2. The molecule has 1 N–H and O–H groups in total. The molecule has 0 spiro atoms. The number of hydrogen-bond donors (Lipinski definition) is 1. The van der Waals surface area contributed by atoms with Crippen LogP contribution in [-0.4, -0.2) is 69.2 Å². The van der Waals surface area contributed by atoms with E-state index in [1.807, 2.05) is 7.05 Å². The second kappa shape index (κ2) is 5.65. The first kappa shape index (κ1) is 13.3. The highest BCUT2D eigenvalue weighted by atomic mass is 32.2. The molecule has 2 saturated heterocycles. The Labute approximate surface area is 104 Å². The minimum absolute atomic E-state index is 0.278. The van der Waals surface area contributed by atoms with Crippen molar-refractivity contribution >= 4 is 10.0 Å². The number of sulfonamides is 1. The molecule has 0 bridgehead atoms. The van der Waals surface area contributed by atoms with Crippen molar-refractivity contribution in [2.45, 2.75) is 25.3 Å². The zero-order chi connectivity index (χ0) is 12.3. The van der Waals surface area contributed by atoms with Gasteiger partial charge in [0.1, 0.15) is 0 Å². The first-order chi connectivity index (χ1) is 8.13. The Balaban J connectivity index is 1.88. The zero-order valence-electron chi connectivity index (χ0n) is 10.6. The van der Waals surface area contributed by atoms with Crippen LogP contribution in [0.15, 0.2) is 0 Å². The van der Waals surface area contributed by atoms with E-state index in [-0.39, 0.29) is 5.75 Å². The molecule has 0 aromatic carbocycles. The minimum Gasteiger partial charge on any atom is -0.320 e. The lowest BCUT2D eigenvalue weighted by molar-refractivity contribution is 0.158. The Morgan fingerprint density at radius 3 is 2.88 bits per heavy atom. The smallest absolute Gasteiger partial charge is 0.214 e. The van der Waals surface area contributed by atoms with E-state index in [1.165, 1.54) is 6.42 Å². The Morgan fingerprint density at radius 2 is 2.12 bits per heavy atom. The van der Waals surface area contributed by atoms with Gasteiger partial charge in [0, 0.05) is 25.7 Å². The average molecular weight is 261 g/mol. The van der Waals surface area contributed by atoms with Crippen molar-refractivity contribution in [1.29, 1.82) is 0 Å². The topological polar surface area (TPSA) is 52.7 Å². The molecule has 0 aromatic rings. The predicted molar refractivity (Wildman–Crippen MR) is 68.5 cm³/mol. The monoisotopic (exact) mass is 261 g/mol. The van der Waals surface area contributed by atoms with Gasteiger partial charge in [-0.05, 0) is 39.4 Å². The molecule has 0 aliphatic carbocycles. The third-order valence-corrected chi connectivity index (χ3v) is 5.70. The molecule has 2 fully saturated rings. The summed E-state index contributed by atoms with van der Waals surface area (Å²) in [4.78, 5) is 2.43. The van der Waals surface area contributed by atoms with Gasteiger partial charge in [0.15, 0.2) is 0 Å². The van der Waals surface area contributed by atoms with Gasteiger partial charge >= 0.3 is 0 Å². The van der Waals surface area contributed by atoms with Crippen LogP contribution in [-0.2, 0) is 10.0 Å². The highest BCUT2D eigenvalue weighted by Gasteiger charge is 2.35. The Bertz CT molecular complexity index is 345. The SMILES string of the molecule is CNCCCS(=O)(=O)N1CCN2CCCC2C1. The van der Waals surface area contributed by atoms with E-state index < -0.39 is 10.0 Å². The number of nitrogens with one attached hydrogen (secondary N) is 1. The van der Waals surface area contributed by atoms with Gasteiger partial charge in [-0.3, -0.25) is 4.90 Å². The van der Waals surface area contributed by atoms with Gasteiger partial charge in [0.2, 0.25) is 10.0 Å². The minimum atomic E-state index is -3.03. The van der Waals surface area contributed by atoms with Gasteiger partial charge in [0.05, 0.1) is 5.75 Å². The molecule has 2 aliphatic rings. The molecule has 0 amide bonds. The summed E-state index contributed by atoms with van der Waals surface area (Å²) in [6, 6.07) is 0.475. The molecular weight excluding hydrogens is 238 g/mol. The molecule has 1 atom stereocenters. The first-order valence-electron chi connectivity index (χ1n) is 6.50. The van der Waals surface area contributed by atoms with Crippen LogP contribution in [0.3, 0.4) is 0 Å². The van der Waals surface area contributed by atoms with Crippen molar-refractivity contribution in [3.05, 3.63) is 0 Å². The average Bonchev–Trinajstić information content (AvgIpc) is 2.76. The maximum absolute atomic E-state index is 12.1. The largest absolute Gasteiger partial charge is 0.320 e. The highest BCUT2D eigenvalue weighted by molar-refractivity contribution is 7.89. The van der Waals surface area contributed by atoms with Crippen LogP contribution in [0.25, 0.3) is 0 Å². The van der Waals surface area contributed by atoms with Gasteiger partial charge in [-0.15, -0.1) is 0 Å². The summed E-state index contributed by atoms with van der Waals surface area (Å²) in [7, 11) is -1.18. The van der Waals surface area contributed by atoms with Gasteiger partial charge in [-0.1, -0.05) is 0 Å². The molecule has 100 valence electrons. The molecule has 2 heterocycles. The summed E-state index contributed by atoms with van der Waals surface area (Å²) in [5.74, 6) is 0.278. The van der Waals surface area contributed by atoms with Gasteiger partial charge in [-0.25, -0.2) is 8.42 Å². The quantitative estimate of drug-likeness (QED) is 0.691. The molecular formula is C11H23N3O2S. The normalized spacial score (nSPS) is 27.2. The number of fused-ring (bicyclic) bond motifs is 1. The first-order valence-corrected chi connectivity index (χ1v) is 8.11. The predicted octanol–water partition coefficient (Wildman–Crippen LogP) is -0.294. The van der Waals surface area contributed by atoms with Gasteiger partial charge in [-0.2, -0.15) is 4.31 Å². The second-order valence-electron chi connectivity index (χ2n) is 4.96. The summed E-state index contributed by atoms with van der Waals surface area (Å²) in [6.07, 6.45) is 3.07. The van der Waals surface area contributed by atoms with Gasteiger partial charge < -0.3 is 5.32 Å². The van der Waals surface area contributed by atoms with E-state index in [2.05, 4.69) is 10.2 Å². The Hall–Kier alpha value is -0.170. The molecule has 5 nitrogen and oxygen atoms in total. The van der Waals surface area contributed by atoms with Crippen molar-refractivity contribution in [1.82, 2.24) is 14.5 Å². The lowest BCUT2D eigenvalue weighted by atomic mass is 10.2. The van der Waals surface area contributed by atoms with Crippen molar-refractivity contribution in [2.24, 2.45) is 0 Å². The molecule has 0 radical (unpaired) electrons. The van der Waals surface area contributed by atoms with E-state index in [9.17, 15) is 8.42 Å². The lowest BCUT2D eigenvalue weighted by Gasteiger charge is -2.36. The number of piperazine rings is 1. The Kier molecular flexibility index (Phi) is 4.41. The molecule has 0 saturated carbocycles. The summed E-state index contributed by atoms with van der Waals surface area (Å²) in [5, 5.41) is 2.99. The van der Waals surface area contributed by atoms with Crippen LogP contribution < -0.4 is 5.32 Å². The number of hydrogen-bond acceptors (Lipinski definition) is 4. The summed E-state index contributed by atoms with van der Waals surface area (Å²) >= 11 is 0. The van der Waals surface area contributed by atoms with Crippen LogP contribution in [0.2, 0.25) is 0 Å².